The maximum Gasteiger partial charge on any atom is 0.328 e. The van der Waals surface area contributed by atoms with Crippen LogP contribution in [-0.2, 0) is 23.9 Å². The molecule has 1 aliphatic carbocycles. The Labute approximate surface area is 155 Å². The van der Waals surface area contributed by atoms with Gasteiger partial charge in [0.05, 0.1) is 25.6 Å². The number of likely N-dealkylation sites (tertiary alicyclic amines) is 1. The monoisotopic (exact) mass is 383 g/mol. The number of rotatable bonds is 4. The average molecular weight is 384 g/mol. The lowest BCUT2D eigenvalue weighted by atomic mass is 9.87. The second-order valence-corrected chi connectivity index (χ2v) is 14.2. The molecule has 3 fully saturated rings. The molecule has 1 N–H and O–H groups in total. The molecule has 0 unspecified atom stereocenters. The van der Waals surface area contributed by atoms with Gasteiger partial charge in [-0.3, -0.25) is 9.59 Å². The molecule has 0 spiro atoms. The normalized spacial score (nSPS) is 36.8. The van der Waals surface area contributed by atoms with Gasteiger partial charge in [0.15, 0.2) is 0 Å². The van der Waals surface area contributed by atoms with Gasteiger partial charge in [0, 0.05) is 27.1 Å². The minimum atomic E-state index is -1.75. The molecule has 3 aliphatic rings. The molecule has 26 heavy (non-hydrogen) atoms. The highest BCUT2D eigenvalue weighted by Gasteiger charge is 2.63. The third-order valence-electron chi connectivity index (χ3n) is 6.43. The molecule has 2 saturated heterocycles. The summed E-state index contributed by atoms with van der Waals surface area (Å²) in [4.78, 5) is 39.5. The predicted octanol–water partition coefficient (Wildman–Crippen LogP) is 0.886. The first-order chi connectivity index (χ1) is 12.2. The fourth-order valence-corrected chi connectivity index (χ4v) is 8.74. The van der Waals surface area contributed by atoms with Gasteiger partial charge in [-0.25, -0.2) is 4.79 Å². The summed E-state index contributed by atoms with van der Waals surface area (Å²) in [6, 6.07) is -0.589. The largest absolute Gasteiger partial charge is 0.467 e. The molecular weight excluding hydrogens is 354 g/mol. The first-order valence-electron chi connectivity index (χ1n) is 9.38. The van der Waals surface area contributed by atoms with Crippen LogP contribution in [0.2, 0.25) is 25.2 Å². The van der Waals surface area contributed by atoms with Crippen LogP contribution >= 0.6 is 0 Å². The topological polar surface area (TPSA) is 93.1 Å². The van der Waals surface area contributed by atoms with Gasteiger partial charge in [-0.05, 0) is 24.3 Å². The SMILES string of the molecule is COC(=O)[C@@H]1CCCN1C(=O)[C@@H]1[C@H](CO)[C@H]([Si](C)(C)C)[C@@H]2COC(=O)[C@@H]21. The van der Waals surface area contributed by atoms with Gasteiger partial charge in [0.1, 0.15) is 6.04 Å². The van der Waals surface area contributed by atoms with Crippen molar-refractivity contribution in [3.05, 3.63) is 0 Å². The summed E-state index contributed by atoms with van der Waals surface area (Å²) in [5.41, 5.74) is 0.136. The van der Waals surface area contributed by atoms with E-state index in [1.54, 1.807) is 4.90 Å². The molecule has 2 aliphatic heterocycles. The Bertz CT molecular complexity index is 603. The van der Waals surface area contributed by atoms with E-state index in [1.807, 2.05) is 0 Å². The summed E-state index contributed by atoms with van der Waals surface area (Å²) in [7, 11) is -0.431. The lowest BCUT2D eigenvalue weighted by Gasteiger charge is -2.35. The van der Waals surface area contributed by atoms with Crippen molar-refractivity contribution >= 4 is 25.9 Å². The second kappa shape index (κ2) is 6.96. The van der Waals surface area contributed by atoms with Gasteiger partial charge in [-0.1, -0.05) is 19.6 Å². The summed E-state index contributed by atoms with van der Waals surface area (Å²) in [6.07, 6.45) is 1.31. The predicted molar refractivity (Wildman–Crippen MR) is 95.9 cm³/mol. The smallest absolute Gasteiger partial charge is 0.328 e. The molecule has 0 radical (unpaired) electrons. The Morgan fingerprint density at radius 3 is 2.62 bits per heavy atom. The molecule has 0 aromatic carbocycles. The molecule has 0 aromatic rings. The summed E-state index contributed by atoms with van der Waals surface area (Å²) < 4.78 is 10.2. The van der Waals surface area contributed by atoms with Gasteiger partial charge >= 0.3 is 11.9 Å². The summed E-state index contributed by atoms with van der Waals surface area (Å²) >= 11 is 0. The number of aliphatic hydroxyl groups is 1. The number of carbonyl (C=O) groups excluding carboxylic acids is 3. The zero-order valence-electron chi connectivity index (χ0n) is 15.9. The van der Waals surface area contributed by atoms with Crippen LogP contribution in [0.3, 0.4) is 0 Å². The van der Waals surface area contributed by atoms with Crippen LogP contribution in [0.5, 0.6) is 0 Å². The van der Waals surface area contributed by atoms with E-state index >= 15 is 0 Å². The Morgan fingerprint density at radius 2 is 2.04 bits per heavy atom. The van der Waals surface area contributed by atoms with Crippen LogP contribution in [0, 0.1) is 23.7 Å². The van der Waals surface area contributed by atoms with Crippen LogP contribution < -0.4 is 0 Å². The highest BCUT2D eigenvalue weighted by molar-refractivity contribution is 6.77. The van der Waals surface area contributed by atoms with E-state index in [4.69, 9.17) is 9.47 Å². The minimum absolute atomic E-state index is 0.0144. The first kappa shape index (κ1) is 19.4. The van der Waals surface area contributed by atoms with Crippen molar-refractivity contribution in [2.75, 3.05) is 26.9 Å². The lowest BCUT2D eigenvalue weighted by molar-refractivity contribution is -0.155. The second-order valence-electron chi connectivity index (χ2n) is 8.80. The van der Waals surface area contributed by atoms with Crippen molar-refractivity contribution in [1.82, 2.24) is 4.90 Å². The third kappa shape index (κ3) is 2.96. The van der Waals surface area contributed by atoms with Gasteiger partial charge in [0.2, 0.25) is 5.91 Å². The van der Waals surface area contributed by atoms with E-state index in [9.17, 15) is 19.5 Å². The average Bonchev–Trinajstić information content (AvgIpc) is 3.27. The van der Waals surface area contributed by atoms with Crippen molar-refractivity contribution in [3.8, 4) is 0 Å². The highest BCUT2D eigenvalue weighted by Crippen LogP contribution is 2.57. The molecule has 6 atom stereocenters. The van der Waals surface area contributed by atoms with E-state index in [0.29, 0.717) is 19.6 Å². The van der Waals surface area contributed by atoms with Crippen molar-refractivity contribution in [1.29, 1.82) is 0 Å². The zero-order valence-corrected chi connectivity index (χ0v) is 16.9. The number of hydrogen-bond donors (Lipinski definition) is 1. The van der Waals surface area contributed by atoms with Gasteiger partial charge in [0.25, 0.3) is 0 Å². The Morgan fingerprint density at radius 1 is 1.35 bits per heavy atom. The third-order valence-corrected chi connectivity index (χ3v) is 9.28. The Hall–Kier alpha value is -1.41. The maximum atomic E-state index is 13.4. The fraction of sp³-hybridized carbons (Fsp3) is 0.833. The quantitative estimate of drug-likeness (QED) is 0.572. The summed E-state index contributed by atoms with van der Waals surface area (Å²) in [5.74, 6) is -2.33. The van der Waals surface area contributed by atoms with Crippen LogP contribution in [0.1, 0.15) is 12.8 Å². The van der Waals surface area contributed by atoms with E-state index in [0.717, 1.165) is 6.42 Å². The fourth-order valence-electron chi connectivity index (χ4n) is 5.55. The molecule has 3 rings (SSSR count). The summed E-state index contributed by atoms with van der Waals surface area (Å²) in [5, 5.41) is 10.1. The highest BCUT2D eigenvalue weighted by atomic mass is 28.3. The number of methoxy groups -OCH3 is 1. The number of ether oxygens (including phenoxy) is 2. The molecule has 1 saturated carbocycles. The van der Waals surface area contributed by atoms with Crippen LogP contribution in [-0.4, -0.2) is 68.8 Å². The number of carbonyl (C=O) groups is 3. The number of nitrogens with zero attached hydrogens (tertiary/aromatic N) is 1. The standard InChI is InChI=1S/C18H29NO6Si/c1-24-17(22)12-6-5-7-19(12)16(21)13-10(8-20)15(26(2,3)4)11-9-25-18(23)14(11)13/h10-15,20H,5-9H2,1-4H3/t10-,11+,12-,13+,14-,15-/m0/s1. The van der Waals surface area contributed by atoms with Crippen LogP contribution in [0.25, 0.3) is 0 Å². The molecule has 1 amide bonds. The Balaban J connectivity index is 1.95. The first-order valence-corrected chi connectivity index (χ1v) is 13.0. The maximum absolute atomic E-state index is 13.4. The molecule has 2 heterocycles. The van der Waals surface area contributed by atoms with Crippen molar-refractivity contribution in [2.24, 2.45) is 23.7 Å². The number of cyclic esters (lactones) is 1. The number of amides is 1. The minimum Gasteiger partial charge on any atom is -0.467 e. The van der Waals surface area contributed by atoms with E-state index in [-0.39, 0.29) is 35.9 Å². The summed E-state index contributed by atoms with van der Waals surface area (Å²) in [6.45, 7) is 7.32. The van der Waals surface area contributed by atoms with Crippen molar-refractivity contribution < 1.29 is 29.0 Å². The van der Waals surface area contributed by atoms with Gasteiger partial charge in [-0.15, -0.1) is 0 Å². The molecule has 146 valence electrons. The Kier molecular flexibility index (Phi) is 5.18. The van der Waals surface area contributed by atoms with Gasteiger partial charge in [-0.2, -0.15) is 0 Å². The number of aliphatic hydroxyl groups excluding tert-OH is 1. The van der Waals surface area contributed by atoms with Gasteiger partial charge < -0.3 is 19.5 Å². The zero-order chi connectivity index (χ0) is 19.2. The van der Waals surface area contributed by atoms with E-state index in [2.05, 4.69) is 19.6 Å². The van der Waals surface area contributed by atoms with Crippen LogP contribution in [0.4, 0.5) is 0 Å². The lowest BCUT2D eigenvalue weighted by Crippen LogP contribution is -2.48. The van der Waals surface area contributed by atoms with Crippen molar-refractivity contribution in [3.63, 3.8) is 0 Å². The molecule has 0 aromatic heterocycles. The number of hydrogen-bond acceptors (Lipinski definition) is 6. The van der Waals surface area contributed by atoms with Crippen LogP contribution in [0.15, 0.2) is 0 Å². The molecule has 7 nitrogen and oxygen atoms in total. The van der Waals surface area contributed by atoms with Crippen molar-refractivity contribution in [2.45, 2.75) is 44.1 Å². The van der Waals surface area contributed by atoms with E-state index < -0.39 is 31.9 Å². The van der Waals surface area contributed by atoms with E-state index in [1.165, 1.54) is 7.11 Å². The molecule has 0 bridgehead atoms. The molecule has 8 heteroatoms. The molecular formula is C18H29NO6Si. The number of fused-ring (bicyclic) bond motifs is 1. The number of esters is 2.